The van der Waals surface area contributed by atoms with Crippen LogP contribution in [0.25, 0.3) is 0 Å². The molecule has 0 radical (unpaired) electrons. The fourth-order valence-electron chi connectivity index (χ4n) is 9.66. The van der Waals surface area contributed by atoms with E-state index in [4.69, 9.17) is 0 Å². The molecular weight excluding hydrogens is 628 g/mol. The Kier molecular flexibility index (Phi) is 21.7. The first kappa shape index (κ1) is 51.8. The van der Waals surface area contributed by atoms with Crippen molar-refractivity contribution in [2.45, 2.75) is 245 Å². The Labute approximate surface area is 313 Å². The second-order valence-electron chi connectivity index (χ2n) is 20.3. The summed E-state index contributed by atoms with van der Waals surface area (Å²) in [7, 11) is 0. The quantitative estimate of drug-likeness (QED) is 0.176. The lowest BCUT2D eigenvalue weighted by Crippen LogP contribution is -2.51. The third kappa shape index (κ3) is 15.6. The van der Waals surface area contributed by atoms with Crippen molar-refractivity contribution in [3.63, 3.8) is 0 Å². The average molecular weight is 721 g/mol. The smallest absolute Gasteiger partial charge is 0.118 e. The normalized spacial score (nSPS) is 19.6. The van der Waals surface area contributed by atoms with Gasteiger partial charge in [0.1, 0.15) is 22.7 Å². The van der Waals surface area contributed by atoms with E-state index in [2.05, 4.69) is 111 Å². The van der Waals surface area contributed by atoms with Crippen molar-refractivity contribution in [3.8, 4) is 0 Å². The number of hydrogen-bond donors (Lipinski definition) is 0. The average Bonchev–Trinajstić information content (AvgIpc) is 2.97. The zero-order valence-electron chi connectivity index (χ0n) is 37.7. The molecule has 2 rings (SSSR count). The van der Waals surface area contributed by atoms with Gasteiger partial charge in [0, 0.05) is 10.8 Å². The maximum Gasteiger partial charge on any atom is 0.118 e. The molecule has 0 unspecified atom stereocenters. The van der Waals surface area contributed by atoms with Gasteiger partial charge < -0.3 is 0 Å². The van der Waals surface area contributed by atoms with E-state index >= 15 is 8.78 Å². The standard InChI is InChI=1S/C16H33F.C14H29F.C9H17F.C7H13F/c1-10(2)14(11(3)4)16(9,17)15(12(5)6)13(7)8;1-8-12(5,9-2)14(7,15)13(6,10-3)11-4;1-8(2)4-6-9(3,10)7-5-8;1-7(8)5-3-2-4-6-7/h10-15H,1-9H3;8-11H2,1-7H3;4-7H2,1-3H3;2-6H2,1H3. The molecule has 0 aromatic carbocycles. The Morgan fingerprint density at radius 2 is 0.720 bits per heavy atom. The van der Waals surface area contributed by atoms with Crippen LogP contribution in [-0.4, -0.2) is 22.7 Å². The first-order valence-corrected chi connectivity index (χ1v) is 21.1. The summed E-state index contributed by atoms with van der Waals surface area (Å²) in [5, 5.41) is 0. The van der Waals surface area contributed by atoms with Gasteiger partial charge in [-0.05, 0) is 133 Å². The highest BCUT2D eigenvalue weighted by molar-refractivity contribution is 5.02. The molecule has 304 valence electrons. The molecule has 0 atom stereocenters. The van der Waals surface area contributed by atoms with Gasteiger partial charge in [0.05, 0.1) is 0 Å². The SMILES string of the molecule is CC(C)C(C(C)C)C(C)(F)C(C(C)C)C(C)C.CC1(C)CCC(C)(F)CC1.CC1(F)CCCCC1.CCC(C)(CC)C(C)(F)C(C)(CC)CC. The first-order chi connectivity index (χ1) is 22.4. The van der Waals surface area contributed by atoms with Gasteiger partial charge in [-0.2, -0.15) is 0 Å². The second-order valence-corrected chi connectivity index (χ2v) is 20.3. The van der Waals surface area contributed by atoms with Crippen LogP contribution in [0.15, 0.2) is 0 Å². The number of halogens is 4. The number of rotatable bonds is 12. The van der Waals surface area contributed by atoms with Crippen LogP contribution in [0.5, 0.6) is 0 Å². The van der Waals surface area contributed by atoms with Gasteiger partial charge in [0.2, 0.25) is 0 Å². The third-order valence-corrected chi connectivity index (χ3v) is 14.1. The first-order valence-electron chi connectivity index (χ1n) is 21.1. The summed E-state index contributed by atoms with van der Waals surface area (Å²) < 4.78 is 56.7. The molecule has 4 heteroatoms. The minimum atomic E-state index is -1.09. The summed E-state index contributed by atoms with van der Waals surface area (Å²) in [5.41, 5.74) is -3.86. The van der Waals surface area contributed by atoms with Crippen molar-refractivity contribution >= 4 is 0 Å². The van der Waals surface area contributed by atoms with Crippen molar-refractivity contribution in [2.75, 3.05) is 0 Å². The fourth-order valence-corrected chi connectivity index (χ4v) is 9.66. The molecule has 0 N–H and O–H groups in total. The van der Waals surface area contributed by atoms with E-state index < -0.39 is 22.7 Å². The lowest BCUT2D eigenvalue weighted by atomic mass is 9.57. The van der Waals surface area contributed by atoms with Gasteiger partial charge >= 0.3 is 0 Å². The highest BCUT2D eigenvalue weighted by Crippen LogP contribution is 2.54. The molecule has 50 heavy (non-hydrogen) atoms. The summed E-state index contributed by atoms with van der Waals surface area (Å²) in [5.74, 6) is 1.85. The van der Waals surface area contributed by atoms with E-state index in [1.165, 1.54) is 6.42 Å². The van der Waals surface area contributed by atoms with E-state index in [1.807, 2.05) is 13.8 Å². The van der Waals surface area contributed by atoms with Crippen molar-refractivity contribution in [2.24, 2.45) is 51.8 Å². The molecule has 0 aliphatic heterocycles. The van der Waals surface area contributed by atoms with E-state index in [-0.39, 0.29) is 22.7 Å². The van der Waals surface area contributed by atoms with Crippen molar-refractivity contribution in [1.29, 1.82) is 0 Å². The zero-order valence-corrected chi connectivity index (χ0v) is 37.7. The lowest BCUT2D eigenvalue weighted by molar-refractivity contribution is -0.0946. The number of alkyl halides is 4. The maximum atomic E-state index is 15.4. The molecule has 0 heterocycles. The monoisotopic (exact) mass is 721 g/mol. The highest BCUT2D eigenvalue weighted by Gasteiger charge is 2.53. The highest BCUT2D eigenvalue weighted by atomic mass is 19.2. The molecule has 0 spiro atoms. The Morgan fingerprint density at radius 1 is 0.460 bits per heavy atom. The van der Waals surface area contributed by atoms with Gasteiger partial charge in [0.25, 0.3) is 0 Å². The fraction of sp³-hybridized carbons (Fsp3) is 1.00. The Hall–Kier alpha value is -0.280. The molecule has 2 saturated carbocycles. The van der Waals surface area contributed by atoms with Gasteiger partial charge in [-0.3, -0.25) is 0 Å². The van der Waals surface area contributed by atoms with Crippen LogP contribution in [0.2, 0.25) is 0 Å². The molecule has 0 bridgehead atoms. The van der Waals surface area contributed by atoms with Crippen LogP contribution in [-0.2, 0) is 0 Å². The van der Waals surface area contributed by atoms with Crippen LogP contribution < -0.4 is 0 Å². The zero-order chi connectivity index (χ0) is 40.2. The van der Waals surface area contributed by atoms with Crippen molar-refractivity contribution < 1.29 is 17.6 Å². The summed E-state index contributed by atoms with van der Waals surface area (Å²) in [6.07, 6.45) is 12.2. The van der Waals surface area contributed by atoms with E-state index in [0.29, 0.717) is 29.1 Å². The largest absolute Gasteiger partial charge is 0.244 e. The van der Waals surface area contributed by atoms with Gasteiger partial charge in [-0.15, -0.1) is 0 Å². The van der Waals surface area contributed by atoms with Crippen molar-refractivity contribution in [1.82, 2.24) is 0 Å². The maximum absolute atomic E-state index is 15.4. The van der Waals surface area contributed by atoms with Crippen LogP contribution in [0.1, 0.15) is 222 Å². The molecule has 2 fully saturated rings. The number of hydrogen-bond acceptors (Lipinski definition) is 0. The second kappa shape index (κ2) is 21.0. The van der Waals surface area contributed by atoms with Crippen LogP contribution in [0, 0.1) is 51.8 Å². The van der Waals surface area contributed by atoms with E-state index in [9.17, 15) is 8.78 Å². The summed E-state index contributed by atoms with van der Waals surface area (Å²) in [6.45, 7) is 41.4. The summed E-state index contributed by atoms with van der Waals surface area (Å²) >= 11 is 0. The molecule has 0 aromatic rings. The lowest BCUT2D eigenvalue weighted by Gasteiger charge is -2.51. The molecule has 0 amide bonds. The third-order valence-electron chi connectivity index (χ3n) is 14.1. The van der Waals surface area contributed by atoms with Gasteiger partial charge in [-0.1, -0.05) is 130 Å². The molecular formula is C46H92F4. The van der Waals surface area contributed by atoms with Crippen molar-refractivity contribution in [3.05, 3.63) is 0 Å². The molecule has 0 nitrogen and oxygen atoms in total. The predicted molar refractivity (Wildman–Crippen MR) is 217 cm³/mol. The minimum absolute atomic E-state index is 0.136. The van der Waals surface area contributed by atoms with Gasteiger partial charge in [0.15, 0.2) is 0 Å². The predicted octanol–water partition coefficient (Wildman–Crippen LogP) is 16.9. The Balaban J connectivity index is 0. The van der Waals surface area contributed by atoms with Gasteiger partial charge in [-0.25, -0.2) is 17.6 Å². The Bertz CT molecular complexity index is 790. The van der Waals surface area contributed by atoms with E-state index in [0.717, 1.165) is 77.0 Å². The molecule has 2 aliphatic carbocycles. The van der Waals surface area contributed by atoms with E-state index in [1.54, 1.807) is 13.8 Å². The molecule has 0 aromatic heterocycles. The van der Waals surface area contributed by atoms with Crippen LogP contribution in [0.4, 0.5) is 17.6 Å². The van der Waals surface area contributed by atoms with Crippen LogP contribution in [0.3, 0.4) is 0 Å². The van der Waals surface area contributed by atoms with Crippen LogP contribution >= 0.6 is 0 Å². The minimum Gasteiger partial charge on any atom is -0.244 e. The summed E-state index contributed by atoms with van der Waals surface area (Å²) in [4.78, 5) is 0. The summed E-state index contributed by atoms with van der Waals surface area (Å²) in [6, 6.07) is 0. The molecule has 0 saturated heterocycles. The topological polar surface area (TPSA) is 0 Å². The molecule has 2 aliphatic rings. The Morgan fingerprint density at radius 3 is 0.900 bits per heavy atom.